The van der Waals surface area contributed by atoms with Crippen LogP contribution >= 0.6 is 24.2 Å². The average Bonchev–Trinajstić information content (AvgIpc) is 2.09. The Morgan fingerprint density at radius 1 is 1.43 bits per heavy atom. The Morgan fingerprint density at radius 2 is 2.07 bits per heavy atom. The van der Waals surface area contributed by atoms with Crippen molar-refractivity contribution in [1.82, 2.24) is 0 Å². The van der Waals surface area contributed by atoms with Crippen molar-refractivity contribution in [3.05, 3.63) is 28.8 Å². The molecule has 14 heavy (non-hydrogen) atoms. The summed E-state index contributed by atoms with van der Waals surface area (Å²) in [5.74, 6) is 0.376. The standard InChI is InChI=1S/C9H11ClO2S2/c1-7-6-8(2-3-9(7)10)14(11,12)5-4-13/h2-3,6,13H,4-5H2,1H3. The molecule has 1 rings (SSSR count). The van der Waals surface area contributed by atoms with Gasteiger partial charge in [0.2, 0.25) is 0 Å². The van der Waals surface area contributed by atoms with Crippen molar-refractivity contribution in [2.45, 2.75) is 11.8 Å². The summed E-state index contributed by atoms with van der Waals surface area (Å²) in [5, 5.41) is 0.579. The van der Waals surface area contributed by atoms with Gasteiger partial charge in [-0.2, -0.15) is 12.6 Å². The molecule has 0 aliphatic heterocycles. The number of hydrogen-bond acceptors (Lipinski definition) is 3. The summed E-state index contributed by atoms with van der Waals surface area (Å²) in [4.78, 5) is 0.313. The third-order valence-electron chi connectivity index (χ3n) is 1.85. The lowest BCUT2D eigenvalue weighted by Gasteiger charge is -2.04. The van der Waals surface area contributed by atoms with Gasteiger partial charge < -0.3 is 0 Å². The first-order chi connectivity index (χ1) is 6.47. The molecule has 5 heteroatoms. The molecule has 1 aromatic carbocycles. The second-order valence-electron chi connectivity index (χ2n) is 2.95. The molecular weight excluding hydrogens is 240 g/mol. The first-order valence-corrected chi connectivity index (χ1v) is 6.73. The minimum absolute atomic E-state index is 0.0528. The van der Waals surface area contributed by atoms with Crippen LogP contribution in [0, 0.1) is 6.92 Å². The van der Waals surface area contributed by atoms with E-state index in [1.807, 2.05) is 0 Å². The maximum Gasteiger partial charge on any atom is 0.179 e. The highest BCUT2D eigenvalue weighted by Crippen LogP contribution is 2.20. The molecule has 0 spiro atoms. The van der Waals surface area contributed by atoms with Gasteiger partial charge in [0.25, 0.3) is 0 Å². The van der Waals surface area contributed by atoms with E-state index in [9.17, 15) is 8.42 Å². The number of aryl methyl sites for hydroxylation is 1. The maximum atomic E-state index is 11.6. The van der Waals surface area contributed by atoms with Crippen LogP contribution in [-0.2, 0) is 9.84 Å². The predicted molar refractivity (Wildman–Crippen MR) is 62.1 cm³/mol. The molecule has 0 aliphatic carbocycles. The second kappa shape index (κ2) is 4.55. The fraction of sp³-hybridized carbons (Fsp3) is 0.333. The predicted octanol–water partition coefficient (Wildman–Crippen LogP) is 2.35. The highest BCUT2D eigenvalue weighted by Gasteiger charge is 2.13. The van der Waals surface area contributed by atoms with E-state index in [1.54, 1.807) is 19.1 Å². The van der Waals surface area contributed by atoms with Crippen LogP contribution in [0.15, 0.2) is 23.1 Å². The summed E-state index contributed by atoms with van der Waals surface area (Å²) in [5.41, 5.74) is 0.770. The molecule has 78 valence electrons. The van der Waals surface area contributed by atoms with Crippen molar-refractivity contribution in [2.75, 3.05) is 11.5 Å². The van der Waals surface area contributed by atoms with Crippen molar-refractivity contribution in [3.8, 4) is 0 Å². The zero-order chi connectivity index (χ0) is 10.8. The maximum absolute atomic E-state index is 11.6. The molecule has 0 saturated carbocycles. The van der Waals surface area contributed by atoms with Crippen LogP contribution in [-0.4, -0.2) is 19.9 Å². The molecule has 0 bridgehead atoms. The number of sulfone groups is 1. The lowest BCUT2D eigenvalue weighted by atomic mass is 10.2. The molecule has 0 amide bonds. The summed E-state index contributed by atoms with van der Waals surface area (Å²) in [6.07, 6.45) is 0. The highest BCUT2D eigenvalue weighted by molar-refractivity contribution is 7.92. The Bertz CT molecular complexity index is 426. The Hall–Kier alpha value is -0.190. The normalized spacial score (nSPS) is 11.6. The van der Waals surface area contributed by atoms with Gasteiger partial charge in [-0.05, 0) is 30.7 Å². The SMILES string of the molecule is Cc1cc(S(=O)(=O)CCS)ccc1Cl. The molecule has 0 heterocycles. The summed E-state index contributed by atoms with van der Waals surface area (Å²) in [7, 11) is -3.18. The number of rotatable bonds is 3. The Morgan fingerprint density at radius 3 is 2.57 bits per heavy atom. The third kappa shape index (κ3) is 2.65. The molecule has 0 radical (unpaired) electrons. The topological polar surface area (TPSA) is 34.1 Å². The minimum atomic E-state index is -3.18. The summed E-state index contributed by atoms with van der Waals surface area (Å²) in [6, 6.07) is 4.71. The van der Waals surface area contributed by atoms with Gasteiger partial charge in [-0.15, -0.1) is 0 Å². The number of hydrogen-bond donors (Lipinski definition) is 1. The van der Waals surface area contributed by atoms with Crippen LogP contribution in [0.1, 0.15) is 5.56 Å². The quantitative estimate of drug-likeness (QED) is 0.836. The van der Waals surface area contributed by atoms with Gasteiger partial charge in [-0.1, -0.05) is 11.6 Å². The monoisotopic (exact) mass is 250 g/mol. The van der Waals surface area contributed by atoms with Crippen molar-refractivity contribution in [1.29, 1.82) is 0 Å². The number of benzene rings is 1. The van der Waals surface area contributed by atoms with Crippen molar-refractivity contribution in [2.24, 2.45) is 0 Å². The second-order valence-corrected chi connectivity index (χ2v) is 5.92. The lowest BCUT2D eigenvalue weighted by molar-refractivity contribution is 0.597. The molecule has 0 aromatic heterocycles. The summed E-state index contributed by atoms with van der Waals surface area (Å²) < 4.78 is 23.2. The van der Waals surface area contributed by atoms with Crippen molar-refractivity contribution < 1.29 is 8.42 Å². The molecule has 0 aliphatic rings. The molecule has 0 atom stereocenters. The Balaban J connectivity index is 3.15. The van der Waals surface area contributed by atoms with Gasteiger partial charge in [-0.3, -0.25) is 0 Å². The van der Waals surface area contributed by atoms with E-state index >= 15 is 0 Å². The van der Waals surface area contributed by atoms with Crippen LogP contribution in [0.3, 0.4) is 0 Å². The molecular formula is C9H11ClO2S2. The van der Waals surface area contributed by atoms with E-state index in [2.05, 4.69) is 12.6 Å². The molecule has 1 aromatic rings. The van der Waals surface area contributed by atoms with Gasteiger partial charge >= 0.3 is 0 Å². The largest absolute Gasteiger partial charge is 0.224 e. The number of thiol groups is 1. The molecule has 2 nitrogen and oxygen atoms in total. The smallest absolute Gasteiger partial charge is 0.179 e. The van der Waals surface area contributed by atoms with Gasteiger partial charge in [0.1, 0.15) is 0 Å². The van der Waals surface area contributed by atoms with Crippen LogP contribution in [0.4, 0.5) is 0 Å². The zero-order valence-electron chi connectivity index (χ0n) is 7.70. The minimum Gasteiger partial charge on any atom is -0.224 e. The van der Waals surface area contributed by atoms with Crippen molar-refractivity contribution in [3.63, 3.8) is 0 Å². The third-order valence-corrected chi connectivity index (χ3v) is 4.51. The van der Waals surface area contributed by atoms with E-state index in [-0.39, 0.29) is 5.75 Å². The fourth-order valence-electron chi connectivity index (χ4n) is 1.05. The molecule has 0 unspecified atom stereocenters. The van der Waals surface area contributed by atoms with E-state index in [0.29, 0.717) is 15.7 Å². The van der Waals surface area contributed by atoms with E-state index < -0.39 is 9.84 Å². The average molecular weight is 251 g/mol. The lowest BCUT2D eigenvalue weighted by Crippen LogP contribution is -2.07. The number of halogens is 1. The first kappa shape index (κ1) is 11.9. The summed E-state index contributed by atoms with van der Waals surface area (Å²) in [6.45, 7) is 1.78. The Kier molecular flexibility index (Phi) is 3.86. The van der Waals surface area contributed by atoms with Gasteiger partial charge in [0, 0.05) is 10.8 Å². The Labute approximate surface area is 94.6 Å². The van der Waals surface area contributed by atoms with Crippen LogP contribution in [0.25, 0.3) is 0 Å². The van der Waals surface area contributed by atoms with Gasteiger partial charge in [0.05, 0.1) is 10.6 Å². The van der Waals surface area contributed by atoms with E-state index in [0.717, 1.165) is 5.56 Å². The summed E-state index contributed by atoms with van der Waals surface area (Å²) >= 11 is 9.70. The van der Waals surface area contributed by atoms with Crippen LogP contribution < -0.4 is 0 Å². The zero-order valence-corrected chi connectivity index (χ0v) is 10.2. The molecule has 0 saturated heterocycles. The fourth-order valence-corrected chi connectivity index (χ4v) is 3.00. The van der Waals surface area contributed by atoms with E-state index in [1.165, 1.54) is 6.07 Å². The first-order valence-electron chi connectivity index (χ1n) is 4.07. The molecule has 0 N–H and O–H groups in total. The van der Waals surface area contributed by atoms with E-state index in [4.69, 9.17) is 11.6 Å². The molecule has 0 fully saturated rings. The van der Waals surface area contributed by atoms with Crippen LogP contribution in [0.5, 0.6) is 0 Å². The van der Waals surface area contributed by atoms with Gasteiger partial charge in [0.15, 0.2) is 9.84 Å². The van der Waals surface area contributed by atoms with Gasteiger partial charge in [-0.25, -0.2) is 8.42 Å². The van der Waals surface area contributed by atoms with Crippen molar-refractivity contribution >= 4 is 34.1 Å². The van der Waals surface area contributed by atoms with Crippen LogP contribution in [0.2, 0.25) is 5.02 Å². The highest BCUT2D eigenvalue weighted by atomic mass is 35.5.